The monoisotopic (exact) mass is 510 g/mol. The van der Waals surface area contributed by atoms with Crippen molar-refractivity contribution >= 4 is 11.6 Å². The molecule has 2 heterocycles. The molecule has 0 spiro atoms. The first-order chi connectivity index (χ1) is 17.6. The first-order valence-electron chi connectivity index (χ1n) is 12.0. The summed E-state index contributed by atoms with van der Waals surface area (Å²) in [6, 6.07) is 8.56. The normalized spacial score (nSPS) is 16.6. The molecule has 6 nitrogen and oxygen atoms in total. The number of halogens is 3. The van der Waals surface area contributed by atoms with Gasteiger partial charge in [-0.05, 0) is 68.8 Å². The molecule has 4 rings (SSSR count). The van der Waals surface area contributed by atoms with E-state index in [0.29, 0.717) is 36.3 Å². The lowest BCUT2D eigenvalue weighted by Crippen LogP contribution is -2.36. The number of carbonyl (C=O) groups is 1. The summed E-state index contributed by atoms with van der Waals surface area (Å²) in [7, 11) is 1.97. The lowest BCUT2D eigenvalue weighted by Gasteiger charge is -2.30. The number of nitrogens with two attached hydrogens (primary N) is 1. The average molecular weight is 511 g/mol. The fraction of sp³-hybridized carbons (Fsp3) is 0.321. The minimum atomic E-state index is -4.63. The van der Waals surface area contributed by atoms with Gasteiger partial charge in [0.1, 0.15) is 17.7 Å². The van der Waals surface area contributed by atoms with E-state index < -0.39 is 17.6 Å². The van der Waals surface area contributed by atoms with Crippen molar-refractivity contribution in [3.63, 3.8) is 0 Å². The molecule has 1 saturated heterocycles. The van der Waals surface area contributed by atoms with Crippen LogP contribution in [0.5, 0.6) is 5.75 Å². The molecule has 4 N–H and O–H groups in total. The van der Waals surface area contributed by atoms with Crippen LogP contribution in [0.15, 0.2) is 59.9 Å². The van der Waals surface area contributed by atoms with Gasteiger partial charge in [-0.1, -0.05) is 24.0 Å². The number of anilines is 1. The molecule has 0 aliphatic carbocycles. The number of nitrogens with zero attached hydrogens (tertiary/aromatic N) is 1. The third kappa shape index (κ3) is 6.66. The summed E-state index contributed by atoms with van der Waals surface area (Å²) >= 11 is 0. The van der Waals surface area contributed by atoms with Crippen LogP contribution in [0.3, 0.4) is 0 Å². The molecule has 37 heavy (non-hydrogen) atoms. The summed E-state index contributed by atoms with van der Waals surface area (Å²) in [4.78, 5) is 15.0. The molecule has 9 heteroatoms. The zero-order valence-electron chi connectivity index (χ0n) is 20.7. The van der Waals surface area contributed by atoms with Crippen LogP contribution in [0.1, 0.15) is 39.9 Å². The van der Waals surface area contributed by atoms with Gasteiger partial charge in [-0.25, -0.2) is 0 Å². The lowest BCUT2D eigenvalue weighted by molar-refractivity contribution is -0.139. The van der Waals surface area contributed by atoms with Crippen molar-refractivity contribution in [2.75, 3.05) is 32.0 Å². The zero-order valence-corrected chi connectivity index (χ0v) is 20.7. The van der Waals surface area contributed by atoms with Crippen molar-refractivity contribution in [2.24, 2.45) is 5.73 Å². The van der Waals surface area contributed by atoms with Crippen LogP contribution in [-0.4, -0.2) is 43.6 Å². The molecule has 194 valence electrons. The van der Waals surface area contributed by atoms with E-state index in [1.165, 1.54) is 12.1 Å². The number of hydrogen-bond acceptors (Lipinski definition) is 5. The second-order valence-corrected chi connectivity index (χ2v) is 9.17. The number of carbonyl (C=O) groups excluding carboxylic acids is 1. The highest BCUT2D eigenvalue weighted by Crippen LogP contribution is 2.39. The van der Waals surface area contributed by atoms with Crippen LogP contribution in [0.4, 0.5) is 18.9 Å². The van der Waals surface area contributed by atoms with Gasteiger partial charge in [-0.2, -0.15) is 13.2 Å². The van der Waals surface area contributed by atoms with Gasteiger partial charge in [0.05, 0.1) is 11.1 Å². The maximum Gasteiger partial charge on any atom is 0.420 e. The number of hydrogen-bond donors (Lipinski definition) is 3. The number of amides is 1. The summed E-state index contributed by atoms with van der Waals surface area (Å²) in [6.45, 7) is 4.02. The molecule has 0 atom stereocenters. The number of nitrogens with one attached hydrogen (secondary N) is 2. The van der Waals surface area contributed by atoms with Gasteiger partial charge in [-0.15, -0.1) is 0 Å². The number of benzene rings is 2. The molecule has 2 aliphatic rings. The third-order valence-electron chi connectivity index (χ3n) is 6.32. The van der Waals surface area contributed by atoms with Crippen molar-refractivity contribution in [3.8, 4) is 17.6 Å². The summed E-state index contributed by atoms with van der Waals surface area (Å²) in [5.41, 5.74) is 7.41. The van der Waals surface area contributed by atoms with Crippen molar-refractivity contribution in [1.82, 2.24) is 10.2 Å². The van der Waals surface area contributed by atoms with Crippen molar-refractivity contribution in [2.45, 2.75) is 32.0 Å². The summed E-state index contributed by atoms with van der Waals surface area (Å²) in [6.07, 6.45) is 0.117. The van der Waals surface area contributed by atoms with Crippen LogP contribution in [-0.2, 0) is 6.18 Å². The van der Waals surface area contributed by atoms with E-state index in [4.69, 9.17) is 10.5 Å². The molecule has 0 bridgehead atoms. The average Bonchev–Trinajstić information content (AvgIpc) is 2.86. The molecule has 0 saturated carbocycles. The second kappa shape index (κ2) is 11.0. The van der Waals surface area contributed by atoms with E-state index in [0.717, 1.165) is 24.7 Å². The predicted octanol–water partition coefficient (Wildman–Crippen LogP) is 4.42. The Labute approximate surface area is 214 Å². The Bertz CT molecular complexity index is 1300. The minimum Gasteiger partial charge on any atom is -0.490 e. The Balaban J connectivity index is 1.52. The van der Waals surface area contributed by atoms with Crippen molar-refractivity contribution < 1.29 is 22.7 Å². The number of likely N-dealkylation sites (tertiary alicyclic amines) is 1. The molecule has 2 aromatic carbocycles. The number of aryl methyl sites for hydroxylation is 1. The standard InChI is InChI=1S/C28H29F3N4O2/c1-18-5-6-21(16-20(18)8-7-19-4-3-13-33-26(19)32)27(36)34-22-9-10-25(24(17-22)28(29,30)31)37-23-11-14-35(2)15-12-23/h3-6,9-10,16-17,23,33H,11-15,32H2,1-2H3,(H,34,36). The van der Waals surface area contributed by atoms with Crippen LogP contribution < -0.4 is 21.1 Å². The molecule has 0 aromatic heterocycles. The first kappa shape index (κ1) is 26.2. The maximum atomic E-state index is 13.8. The first-order valence-corrected chi connectivity index (χ1v) is 12.0. The Kier molecular flexibility index (Phi) is 7.79. The largest absolute Gasteiger partial charge is 0.490 e. The van der Waals surface area contributed by atoms with Gasteiger partial charge < -0.3 is 26.0 Å². The van der Waals surface area contributed by atoms with E-state index in [1.54, 1.807) is 18.2 Å². The molecule has 2 aromatic rings. The van der Waals surface area contributed by atoms with Gasteiger partial charge >= 0.3 is 6.18 Å². The molecule has 2 aliphatic heterocycles. The molecule has 0 unspecified atom stereocenters. The number of piperidine rings is 1. The van der Waals surface area contributed by atoms with Gasteiger partial charge in [-0.3, -0.25) is 4.79 Å². The number of allylic oxidation sites excluding steroid dienone is 2. The fourth-order valence-corrected chi connectivity index (χ4v) is 4.09. The molecule has 0 radical (unpaired) electrons. The van der Waals surface area contributed by atoms with Gasteiger partial charge in [0.2, 0.25) is 0 Å². The van der Waals surface area contributed by atoms with Crippen molar-refractivity contribution in [1.29, 1.82) is 0 Å². The predicted molar refractivity (Wildman–Crippen MR) is 137 cm³/mol. The van der Waals surface area contributed by atoms with Gasteiger partial charge in [0.25, 0.3) is 5.91 Å². The number of dihydropyridines is 1. The summed E-state index contributed by atoms with van der Waals surface area (Å²) < 4.78 is 47.2. The van der Waals surface area contributed by atoms with E-state index in [2.05, 4.69) is 27.4 Å². The number of ether oxygens (including phenoxy) is 1. The fourth-order valence-electron chi connectivity index (χ4n) is 4.09. The Morgan fingerprint density at radius 3 is 2.62 bits per heavy atom. The summed E-state index contributed by atoms with van der Waals surface area (Å²) in [5.74, 6) is 5.72. The topological polar surface area (TPSA) is 79.6 Å². The maximum absolute atomic E-state index is 13.8. The lowest BCUT2D eigenvalue weighted by atomic mass is 10.0. The SMILES string of the molecule is Cc1ccc(C(=O)Nc2ccc(OC3CCN(C)CC3)c(C(F)(F)F)c2)cc1C#CC1=C(N)NCC=C1. The Morgan fingerprint density at radius 1 is 1.16 bits per heavy atom. The third-order valence-corrected chi connectivity index (χ3v) is 6.32. The quantitative estimate of drug-likeness (QED) is 0.531. The molecule has 1 fully saturated rings. The van der Waals surface area contributed by atoms with Gasteiger partial charge in [0, 0.05) is 36.4 Å². The second-order valence-electron chi connectivity index (χ2n) is 9.17. The zero-order chi connectivity index (χ0) is 26.6. The van der Waals surface area contributed by atoms with Crippen LogP contribution in [0.25, 0.3) is 0 Å². The van der Waals surface area contributed by atoms with Crippen LogP contribution >= 0.6 is 0 Å². The summed E-state index contributed by atoms with van der Waals surface area (Å²) in [5, 5.41) is 5.56. The smallest absolute Gasteiger partial charge is 0.420 e. The highest BCUT2D eigenvalue weighted by atomic mass is 19.4. The molecular weight excluding hydrogens is 481 g/mol. The Hall–Kier alpha value is -3.90. The Morgan fingerprint density at radius 2 is 1.92 bits per heavy atom. The van der Waals surface area contributed by atoms with E-state index in [9.17, 15) is 18.0 Å². The van der Waals surface area contributed by atoms with E-state index >= 15 is 0 Å². The van der Waals surface area contributed by atoms with Crippen molar-refractivity contribution in [3.05, 3.63) is 82.2 Å². The number of alkyl halides is 3. The minimum absolute atomic E-state index is 0.0256. The highest BCUT2D eigenvalue weighted by molar-refractivity contribution is 6.04. The highest BCUT2D eigenvalue weighted by Gasteiger charge is 2.36. The van der Waals surface area contributed by atoms with Crippen LogP contribution in [0, 0.1) is 18.8 Å². The van der Waals surface area contributed by atoms with Gasteiger partial charge in [0.15, 0.2) is 0 Å². The van der Waals surface area contributed by atoms with Crippen LogP contribution in [0.2, 0.25) is 0 Å². The number of rotatable bonds is 4. The molecule has 1 amide bonds. The van der Waals surface area contributed by atoms with E-state index in [1.807, 2.05) is 26.1 Å². The molecular formula is C28H29F3N4O2. The van der Waals surface area contributed by atoms with E-state index in [-0.39, 0.29) is 23.1 Å².